The number of rotatable bonds is 4. The zero-order valence-electron chi connectivity index (χ0n) is 17.6. The maximum absolute atomic E-state index is 14.8. The Labute approximate surface area is 181 Å². The molecule has 2 saturated heterocycles. The molecule has 2 fully saturated rings. The van der Waals surface area contributed by atoms with Crippen molar-refractivity contribution in [2.24, 2.45) is 5.92 Å². The van der Waals surface area contributed by atoms with Crippen molar-refractivity contribution in [1.29, 1.82) is 0 Å². The molecule has 0 aliphatic carbocycles. The molecule has 2 aliphatic heterocycles. The molecule has 1 aromatic carbocycles. The summed E-state index contributed by atoms with van der Waals surface area (Å²) in [6, 6.07) is 8.17. The van der Waals surface area contributed by atoms with Gasteiger partial charge in [0.15, 0.2) is 5.65 Å². The van der Waals surface area contributed by atoms with Crippen LogP contribution in [0.2, 0.25) is 0 Å². The van der Waals surface area contributed by atoms with Gasteiger partial charge in [-0.2, -0.15) is 5.10 Å². The number of aromatic nitrogens is 3. The largest absolute Gasteiger partial charge is 0.300 e. The lowest BCUT2D eigenvalue weighted by molar-refractivity contribution is 0.170. The van der Waals surface area contributed by atoms with Crippen molar-refractivity contribution in [1.82, 2.24) is 19.5 Å². The van der Waals surface area contributed by atoms with Crippen LogP contribution in [0.4, 0.5) is 4.39 Å². The van der Waals surface area contributed by atoms with Crippen molar-refractivity contribution in [2.45, 2.75) is 50.5 Å². The minimum Gasteiger partial charge on any atom is -0.300 e. The Morgan fingerprint density at radius 1 is 1.20 bits per heavy atom. The summed E-state index contributed by atoms with van der Waals surface area (Å²) in [6.07, 6.45) is 6.85. The van der Waals surface area contributed by atoms with E-state index in [0.29, 0.717) is 17.5 Å². The monoisotopic (exact) mass is 422 g/mol. The first-order chi connectivity index (χ1) is 14.5. The lowest BCUT2D eigenvalue weighted by Gasteiger charge is -2.35. The van der Waals surface area contributed by atoms with Gasteiger partial charge in [0.05, 0.1) is 17.6 Å². The number of aryl methyl sites for hydroxylation is 1. The molecule has 0 amide bonds. The Bertz CT molecular complexity index is 1120. The predicted octanol–water partition coefficient (Wildman–Crippen LogP) is 5.63. The Morgan fingerprint density at radius 3 is 2.93 bits per heavy atom. The van der Waals surface area contributed by atoms with E-state index in [1.165, 1.54) is 25.8 Å². The van der Waals surface area contributed by atoms with Gasteiger partial charge >= 0.3 is 0 Å². The van der Waals surface area contributed by atoms with E-state index in [-0.39, 0.29) is 5.82 Å². The number of imidazole rings is 1. The van der Waals surface area contributed by atoms with E-state index in [0.717, 1.165) is 45.4 Å². The molecule has 5 rings (SSSR count). The quantitative estimate of drug-likeness (QED) is 0.510. The summed E-state index contributed by atoms with van der Waals surface area (Å²) in [5.41, 5.74) is 3.92. The van der Waals surface area contributed by atoms with E-state index >= 15 is 0 Å². The normalized spacial score (nSPS) is 21.8. The molecule has 30 heavy (non-hydrogen) atoms. The van der Waals surface area contributed by atoms with E-state index < -0.39 is 0 Å². The fourth-order valence-corrected chi connectivity index (χ4v) is 5.90. The smallest absolute Gasteiger partial charge is 0.153 e. The second kappa shape index (κ2) is 7.82. The second-order valence-electron chi connectivity index (χ2n) is 8.61. The average molecular weight is 423 g/mol. The zero-order valence-corrected chi connectivity index (χ0v) is 18.4. The molecular weight excluding hydrogens is 395 g/mol. The van der Waals surface area contributed by atoms with Crippen molar-refractivity contribution in [3.05, 3.63) is 59.0 Å². The Hall–Kier alpha value is -2.18. The Kier molecular flexibility index (Phi) is 5.15. The molecule has 4 heterocycles. The summed E-state index contributed by atoms with van der Waals surface area (Å²) in [7, 11) is 0. The number of hydrogen-bond acceptors (Lipinski definition) is 4. The fraction of sp³-hybridized carbons (Fsp3) is 0.417. The van der Waals surface area contributed by atoms with Gasteiger partial charge < -0.3 is 4.90 Å². The third-order valence-electron chi connectivity index (χ3n) is 6.55. The van der Waals surface area contributed by atoms with Gasteiger partial charge in [0.1, 0.15) is 5.82 Å². The molecule has 0 radical (unpaired) electrons. The number of halogens is 1. The SMILES string of the molecule is C=C(Sc1cc(-c2ccc3nc(C)cn3n2)cc(F)c1C)C1CCN2CCCC2C1. The minimum atomic E-state index is -0.197. The number of allylic oxidation sites excluding steroid dienone is 1. The molecule has 6 heteroatoms. The Morgan fingerprint density at radius 2 is 2.07 bits per heavy atom. The topological polar surface area (TPSA) is 33.4 Å². The van der Waals surface area contributed by atoms with Gasteiger partial charge in [0, 0.05) is 16.5 Å². The van der Waals surface area contributed by atoms with Crippen LogP contribution in [-0.2, 0) is 0 Å². The number of thioether (sulfide) groups is 1. The number of piperidine rings is 1. The second-order valence-corrected chi connectivity index (χ2v) is 9.77. The summed E-state index contributed by atoms with van der Waals surface area (Å²) in [5, 5.41) is 4.63. The van der Waals surface area contributed by atoms with Crippen LogP contribution in [0, 0.1) is 25.6 Å². The summed E-state index contributed by atoms with van der Waals surface area (Å²) in [6.45, 7) is 10.6. The molecule has 0 N–H and O–H groups in total. The van der Waals surface area contributed by atoms with Gasteiger partial charge in [-0.15, -0.1) is 0 Å². The number of fused-ring (bicyclic) bond motifs is 2. The average Bonchev–Trinajstić information content (AvgIpc) is 3.35. The highest BCUT2D eigenvalue weighted by atomic mass is 32.2. The molecule has 0 bridgehead atoms. The van der Waals surface area contributed by atoms with Gasteiger partial charge in [-0.1, -0.05) is 18.3 Å². The van der Waals surface area contributed by atoms with Crippen LogP contribution in [0.25, 0.3) is 16.9 Å². The molecule has 0 saturated carbocycles. The number of hydrogen-bond donors (Lipinski definition) is 0. The number of nitrogens with zero attached hydrogens (tertiary/aromatic N) is 4. The molecule has 156 valence electrons. The van der Waals surface area contributed by atoms with Crippen molar-refractivity contribution < 1.29 is 4.39 Å². The molecule has 3 aromatic rings. The molecular formula is C24H27FN4S. The molecule has 2 aliphatic rings. The van der Waals surface area contributed by atoms with E-state index in [2.05, 4.69) is 27.6 Å². The third kappa shape index (κ3) is 3.67. The highest BCUT2D eigenvalue weighted by Crippen LogP contribution is 2.42. The zero-order chi connectivity index (χ0) is 20.8. The standard InChI is InChI=1S/C24H27FN4S/c1-15-14-29-24(26-15)7-6-22(27-29)19-12-21(25)16(2)23(13-19)30-17(3)18-8-10-28-9-4-5-20(28)11-18/h6-7,12-14,18,20H,3-5,8-11H2,1-2H3. The van der Waals surface area contributed by atoms with Gasteiger partial charge in [-0.3, -0.25) is 0 Å². The molecule has 2 aromatic heterocycles. The van der Waals surface area contributed by atoms with E-state index in [1.54, 1.807) is 22.3 Å². The highest BCUT2D eigenvalue weighted by molar-refractivity contribution is 8.03. The van der Waals surface area contributed by atoms with Crippen LogP contribution in [-0.4, -0.2) is 38.6 Å². The van der Waals surface area contributed by atoms with Crippen LogP contribution in [0.1, 0.15) is 36.9 Å². The summed E-state index contributed by atoms with van der Waals surface area (Å²) >= 11 is 1.64. The highest BCUT2D eigenvalue weighted by Gasteiger charge is 2.33. The van der Waals surface area contributed by atoms with Gasteiger partial charge in [0.25, 0.3) is 0 Å². The van der Waals surface area contributed by atoms with E-state index in [9.17, 15) is 4.39 Å². The van der Waals surface area contributed by atoms with Crippen LogP contribution in [0.15, 0.2) is 46.8 Å². The molecule has 4 nitrogen and oxygen atoms in total. The first kappa shape index (κ1) is 19.8. The minimum absolute atomic E-state index is 0.197. The first-order valence-corrected chi connectivity index (χ1v) is 11.5. The lowest BCUT2D eigenvalue weighted by Crippen LogP contribution is -2.38. The maximum atomic E-state index is 14.8. The van der Waals surface area contributed by atoms with Crippen molar-refractivity contribution in [2.75, 3.05) is 13.1 Å². The van der Waals surface area contributed by atoms with Crippen LogP contribution in [0.3, 0.4) is 0 Å². The maximum Gasteiger partial charge on any atom is 0.153 e. The number of benzene rings is 1. The van der Waals surface area contributed by atoms with Crippen molar-refractivity contribution >= 4 is 17.4 Å². The first-order valence-electron chi connectivity index (χ1n) is 10.7. The predicted molar refractivity (Wildman–Crippen MR) is 120 cm³/mol. The van der Waals surface area contributed by atoms with E-state index in [4.69, 9.17) is 0 Å². The molecule has 2 atom stereocenters. The third-order valence-corrected chi connectivity index (χ3v) is 7.79. The van der Waals surface area contributed by atoms with Crippen molar-refractivity contribution in [3.8, 4) is 11.3 Å². The fourth-order valence-electron chi connectivity index (χ4n) is 4.80. The van der Waals surface area contributed by atoms with E-state index in [1.807, 2.05) is 32.2 Å². The van der Waals surface area contributed by atoms with Gasteiger partial charge in [-0.25, -0.2) is 13.9 Å². The van der Waals surface area contributed by atoms with Gasteiger partial charge in [-0.05, 0) is 93.3 Å². The Balaban J connectivity index is 1.40. The molecule has 2 unspecified atom stereocenters. The summed E-state index contributed by atoms with van der Waals surface area (Å²) in [5.74, 6) is 0.306. The van der Waals surface area contributed by atoms with Crippen LogP contribution < -0.4 is 0 Å². The summed E-state index contributed by atoms with van der Waals surface area (Å²) < 4.78 is 16.6. The lowest BCUT2D eigenvalue weighted by atomic mass is 9.91. The van der Waals surface area contributed by atoms with Crippen LogP contribution >= 0.6 is 11.8 Å². The van der Waals surface area contributed by atoms with Gasteiger partial charge in [0.2, 0.25) is 0 Å². The van der Waals surface area contributed by atoms with Crippen molar-refractivity contribution in [3.63, 3.8) is 0 Å². The summed E-state index contributed by atoms with van der Waals surface area (Å²) in [4.78, 5) is 9.14. The van der Waals surface area contributed by atoms with Crippen LogP contribution in [0.5, 0.6) is 0 Å². The molecule has 0 spiro atoms.